The van der Waals surface area contributed by atoms with Gasteiger partial charge in [-0.2, -0.15) is 0 Å². The SMILES string of the molecule is CC(CCc1ccc(Br)cc1)NC(=O)c1ccccc1SCc1cscn1. The Kier molecular flexibility index (Phi) is 7.50. The van der Waals surface area contributed by atoms with Gasteiger partial charge in [-0.25, -0.2) is 4.98 Å². The number of thioether (sulfide) groups is 1. The maximum atomic E-state index is 12.7. The summed E-state index contributed by atoms with van der Waals surface area (Å²) in [6.45, 7) is 2.06. The number of halogens is 1. The second kappa shape index (κ2) is 10.1. The minimum atomic E-state index is -0.0142. The number of hydrogen-bond acceptors (Lipinski definition) is 4. The van der Waals surface area contributed by atoms with E-state index >= 15 is 0 Å². The molecule has 0 bridgehead atoms. The summed E-state index contributed by atoms with van der Waals surface area (Å²) in [4.78, 5) is 18.0. The number of carbonyl (C=O) groups is 1. The Morgan fingerprint density at radius 2 is 2.00 bits per heavy atom. The zero-order valence-electron chi connectivity index (χ0n) is 15.0. The quantitative estimate of drug-likeness (QED) is 0.422. The number of amides is 1. The van der Waals surface area contributed by atoms with Crippen molar-refractivity contribution in [2.45, 2.75) is 36.5 Å². The third kappa shape index (κ3) is 6.19. The van der Waals surface area contributed by atoms with Crippen molar-refractivity contribution < 1.29 is 4.79 Å². The maximum Gasteiger partial charge on any atom is 0.252 e. The minimum Gasteiger partial charge on any atom is -0.350 e. The first-order valence-corrected chi connectivity index (χ1v) is 11.5. The molecular weight excluding hydrogens is 440 g/mol. The summed E-state index contributed by atoms with van der Waals surface area (Å²) in [6, 6.07) is 16.2. The van der Waals surface area contributed by atoms with Gasteiger partial charge in [-0.05, 0) is 49.6 Å². The van der Waals surface area contributed by atoms with Gasteiger partial charge in [0.2, 0.25) is 0 Å². The molecule has 1 N–H and O–H groups in total. The molecule has 140 valence electrons. The first-order chi connectivity index (χ1) is 13.1. The Hall–Kier alpha value is -1.63. The summed E-state index contributed by atoms with van der Waals surface area (Å²) in [5, 5.41) is 5.18. The van der Waals surface area contributed by atoms with Gasteiger partial charge in [0.15, 0.2) is 0 Å². The second-order valence-electron chi connectivity index (χ2n) is 6.30. The Morgan fingerprint density at radius 3 is 2.74 bits per heavy atom. The molecule has 1 unspecified atom stereocenters. The molecule has 27 heavy (non-hydrogen) atoms. The van der Waals surface area contributed by atoms with Crippen LogP contribution in [0, 0.1) is 0 Å². The summed E-state index contributed by atoms with van der Waals surface area (Å²) >= 11 is 6.70. The van der Waals surface area contributed by atoms with Crippen LogP contribution in [0.15, 0.2) is 68.8 Å². The van der Waals surface area contributed by atoms with E-state index in [0.717, 1.165) is 39.2 Å². The number of nitrogens with one attached hydrogen (secondary N) is 1. The molecule has 0 spiro atoms. The smallest absolute Gasteiger partial charge is 0.252 e. The number of aryl methyl sites for hydroxylation is 1. The van der Waals surface area contributed by atoms with E-state index in [2.05, 4.69) is 45.3 Å². The average molecular weight is 461 g/mol. The van der Waals surface area contributed by atoms with Gasteiger partial charge in [-0.1, -0.05) is 40.2 Å². The van der Waals surface area contributed by atoms with Crippen molar-refractivity contribution in [1.82, 2.24) is 10.3 Å². The molecule has 0 radical (unpaired) electrons. The van der Waals surface area contributed by atoms with Gasteiger partial charge < -0.3 is 5.32 Å². The first-order valence-electron chi connectivity index (χ1n) is 8.76. The van der Waals surface area contributed by atoms with E-state index in [0.29, 0.717) is 0 Å². The van der Waals surface area contributed by atoms with E-state index in [1.54, 1.807) is 23.1 Å². The molecular formula is C21H21BrN2OS2. The Labute approximate surface area is 176 Å². The van der Waals surface area contributed by atoms with E-state index in [9.17, 15) is 4.79 Å². The number of benzene rings is 2. The van der Waals surface area contributed by atoms with Crippen LogP contribution in [0.1, 0.15) is 35.0 Å². The Balaban J connectivity index is 1.55. The van der Waals surface area contributed by atoms with Gasteiger partial charge in [0.05, 0.1) is 16.8 Å². The van der Waals surface area contributed by atoms with Crippen molar-refractivity contribution in [3.63, 3.8) is 0 Å². The first kappa shape index (κ1) is 20.1. The zero-order valence-corrected chi connectivity index (χ0v) is 18.2. The van der Waals surface area contributed by atoms with Crippen LogP contribution < -0.4 is 5.32 Å². The van der Waals surface area contributed by atoms with Crippen LogP contribution in [0.5, 0.6) is 0 Å². The molecule has 1 heterocycles. The molecule has 3 rings (SSSR count). The molecule has 0 aliphatic rings. The van der Waals surface area contributed by atoms with Crippen LogP contribution >= 0.6 is 39.0 Å². The lowest BCUT2D eigenvalue weighted by molar-refractivity contribution is 0.0935. The highest BCUT2D eigenvalue weighted by molar-refractivity contribution is 9.10. The molecule has 0 saturated heterocycles. The Morgan fingerprint density at radius 1 is 1.22 bits per heavy atom. The molecule has 0 aliphatic heterocycles. The highest BCUT2D eigenvalue weighted by Crippen LogP contribution is 2.26. The van der Waals surface area contributed by atoms with Gasteiger partial charge in [0.1, 0.15) is 0 Å². The molecule has 3 nitrogen and oxygen atoms in total. The standard InChI is InChI=1S/C21H21BrN2OS2/c1-15(6-7-16-8-10-17(22)11-9-16)24-21(25)19-4-2-3-5-20(19)27-13-18-12-26-14-23-18/h2-5,8-12,14-15H,6-7,13H2,1H3,(H,24,25). The third-order valence-electron chi connectivity index (χ3n) is 4.15. The van der Waals surface area contributed by atoms with E-state index < -0.39 is 0 Å². The predicted molar refractivity (Wildman–Crippen MR) is 118 cm³/mol. The monoisotopic (exact) mass is 460 g/mol. The minimum absolute atomic E-state index is 0.0142. The van der Waals surface area contributed by atoms with Gasteiger partial charge in [-0.3, -0.25) is 4.79 Å². The van der Waals surface area contributed by atoms with Gasteiger partial charge in [-0.15, -0.1) is 23.1 Å². The Bertz CT molecular complexity index is 866. The lowest BCUT2D eigenvalue weighted by Gasteiger charge is -2.15. The molecule has 1 aromatic heterocycles. The van der Waals surface area contributed by atoms with Gasteiger partial charge in [0.25, 0.3) is 5.91 Å². The molecule has 0 fully saturated rings. The molecule has 2 aromatic carbocycles. The number of thiazole rings is 1. The lowest BCUT2D eigenvalue weighted by Crippen LogP contribution is -2.33. The van der Waals surface area contributed by atoms with Crippen molar-refractivity contribution in [2.75, 3.05) is 0 Å². The average Bonchev–Trinajstić information content (AvgIpc) is 3.20. The number of carbonyl (C=O) groups excluding carboxylic acids is 1. The molecule has 1 amide bonds. The fourth-order valence-corrected chi connectivity index (χ4v) is 4.53. The van der Waals surface area contributed by atoms with Crippen molar-refractivity contribution in [3.05, 3.63) is 80.7 Å². The van der Waals surface area contributed by atoms with Crippen molar-refractivity contribution in [2.24, 2.45) is 0 Å². The lowest BCUT2D eigenvalue weighted by atomic mass is 10.1. The van der Waals surface area contributed by atoms with Crippen LogP contribution in [-0.4, -0.2) is 16.9 Å². The zero-order chi connectivity index (χ0) is 19.1. The molecule has 1 atom stereocenters. The van der Waals surface area contributed by atoms with E-state index in [4.69, 9.17) is 0 Å². The second-order valence-corrected chi connectivity index (χ2v) is 8.96. The van der Waals surface area contributed by atoms with Gasteiger partial charge >= 0.3 is 0 Å². The van der Waals surface area contributed by atoms with Crippen LogP contribution in [0.2, 0.25) is 0 Å². The van der Waals surface area contributed by atoms with Crippen LogP contribution in [0.4, 0.5) is 0 Å². The van der Waals surface area contributed by atoms with Crippen molar-refractivity contribution >= 4 is 44.9 Å². The predicted octanol–water partition coefficient (Wildman–Crippen LogP) is 5.95. The summed E-state index contributed by atoms with van der Waals surface area (Å²) < 4.78 is 1.08. The third-order valence-corrected chi connectivity index (χ3v) is 6.42. The fraction of sp³-hybridized carbons (Fsp3) is 0.238. The largest absolute Gasteiger partial charge is 0.350 e. The van der Waals surface area contributed by atoms with Crippen LogP contribution in [0.25, 0.3) is 0 Å². The van der Waals surface area contributed by atoms with Crippen molar-refractivity contribution in [3.8, 4) is 0 Å². The highest BCUT2D eigenvalue weighted by atomic mass is 79.9. The molecule has 0 aliphatic carbocycles. The van der Waals surface area contributed by atoms with Crippen LogP contribution in [-0.2, 0) is 12.2 Å². The summed E-state index contributed by atoms with van der Waals surface area (Å²) in [6.07, 6.45) is 1.84. The number of nitrogens with zero attached hydrogens (tertiary/aromatic N) is 1. The number of rotatable bonds is 8. The highest BCUT2D eigenvalue weighted by Gasteiger charge is 2.14. The van der Waals surface area contributed by atoms with E-state index in [1.165, 1.54) is 5.56 Å². The van der Waals surface area contributed by atoms with Crippen molar-refractivity contribution in [1.29, 1.82) is 0 Å². The maximum absolute atomic E-state index is 12.7. The van der Waals surface area contributed by atoms with E-state index in [1.807, 2.05) is 47.3 Å². The fourth-order valence-electron chi connectivity index (χ4n) is 2.65. The van der Waals surface area contributed by atoms with E-state index in [-0.39, 0.29) is 11.9 Å². The topological polar surface area (TPSA) is 42.0 Å². The summed E-state index contributed by atoms with van der Waals surface area (Å²) in [7, 11) is 0. The molecule has 6 heteroatoms. The molecule has 3 aromatic rings. The van der Waals surface area contributed by atoms with Gasteiger partial charge in [0, 0.05) is 26.5 Å². The number of aromatic nitrogens is 1. The molecule has 0 saturated carbocycles. The summed E-state index contributed by atoms with van der Waals surface area (Å²) in [5.74, 6) is 0.757. The number of hydrogen-bond donors (Lipinski definition) is 1. The normalized spacial score (nSPS) is 11.9. The summed E-state index contributed by atoms with van der Waals surface area (Å²) in [5.41, 5.74) is 4.89. The van der Waals surface area contributed by atoms with Crippen LogP contribution in [0.3, 0.4) is 0 Å².